The third kappa shape index (κ3) is 50.2. The fraction of sp³-hybridized carbons (Fsp3) is 0.839. The zero-order valence-corrected chi connectivity index (χ0v) is 45.5. The molecule has 0 fully saturated rings. The summed E-state index contributed by atoms with van der Waals surface area (Å²) in [5.41, 5.74) is 0. The number of allylic oxidation sites excluding steroid dienone is 8. The van der Waals surface area contributed by atoms with E-state index >= 15 is 0 Å². The lowest BCUT2D eigenvalue weighted by molar-refractivity contribution is -0.151. The Hall–Kier alpha value is -2.18. The van der Waals surface area contributed by atoms with Gasteiger partial charge in [-0.3, -0.25) is 9.59 Å². The quantitative estimate of drug-likeness (QED) is 0.0321. The Balaban J connectivity index is 4.53. The van der Waals surface area contributed by atoms with Crippen molar-refractivity contribution >= 4 is 11.9 Å². The van der Waals surface area contributed by atoms with E-state index in [-0.39, 0.29) is 24.9 Å². The van der Waals surface area contributed by atoms with Crippen LogP contribution < -0.4 is 5.32 Å². The molecule has 0 bridgehead atoms. The van der Waals surface area contributed by atoms with Crippen molar-refractivity contribution < 1.29 is 24.5 Å². The van der Waals surface area contributed by atoms with Gasteiger partial charge in [0.2, 0.25) is 5.91 Å². The van der Waals surface area contributed by atoms with Gasteiger partial charge in [-0.05, 0) is 57.8 Å². The molecule has 0 aliphatic heterocycles. The molecule has 68 heavy (non-hydrogen) atoms. The number of aliphatic hydroxyl groups excluding tert-OH is 2. The van der Waals surface area contributed by atoms with E-state index in [9.17, 15) is 19.8 Å². The van der Waals surface area contributed by atoms with E-state index in [1.807, 2.05) is 0 Å². The topological polar surface area (TPSA) is 95.9 Å². The average molecular weight is 955 g/mol. The normalized spacial score (nSPS) is 13.4. The number of carbonyl (C=O) groups excluding carboxylic acids is 2. The van der Waals surface area contributed by atoms with E-state index in [0.717, 1.165) is 77.0 Å². The summed E-state index contributed by atoms with van der Waals surface area (Å²) >= 11 is 0. The van der Waals surface area contributed by atoms with Gasteiger partial charge in [-0.1, -0.05) is 288 Å². The fourth-order valence-electron chi connectivity index (χ4n) is 9.19. The summed E-state index contributed by atoms with van der Waals surface area (Å²) in [4.78, 5) is 26.3. The number of hydrogen-bond donors (Lipinski definition) is 3. The molecule has 6 heteroatoms. The first-order valence-corrected chi connectivity index (χ1v) is 29.9. The number of rotatable bonds is 54. The summed E-state index contributed by atoms with van der Waals surface area (Å²) in [7, 11) is 0. The first-order valence-electron chi connectivity index (χ1n) is 29.9. The molecule has 3 N–H and O–H groups in total. The number of amides is 1. The van der Waals surface area contributed by atoms with Crippen molar-refractivity contribution in [3.63, 3.8) is 0 Å². The predicted octanol–water partition coefficient (Wildman–Crippen LogP) is 18.6. The predicted molar refractivity (Wildman–Crippen MR) is 296 cm³/mol. The van der Waals surface area contributed by atoms with E-state index < -0.39 is 18.2 Å². The molecule has 0 aromatic rings. The molecule has 398 valence electrons. The Kier molecular flexibility index (Phi) is 54.0. The van der Waals surface area contributed by atoms with Crippen LogP contribution in [-0.2, 0) is 14.3 Å². The standard InChI is InChI=1S/C62H115NO5/c1-4-7-10-13-16-19-22-25-28-30-31-32-34-37-40-43-46-49-52-55-62(67)68-58(53-50-47-44-41-38-35-27-24-21-18-15-12-9-6-3)56-61(66)63-59(57-64)60(65)54-51-48-45-42-39-36-33-29-26-23-20-17-14-11-8-5-2/h9,12,18,21,27,35,41,44,58-60,64-65H,4-8,10-11,13-17,19-20,22-26,28-34,36-40,42-43,45-57H2,1-3H3,(H,63,66)/b12-9+,21-18+,35-27+,44-41+. The highest BCUT2D eigenvalue weighted by Crippen LogP contribution is 2.18. The van der Waals surface area contributed by atoms with Gasteiger partial charge in [0.05, 0.1) is 25.2 Å². The summed E-state index contributed by atoms with van der Waals surface area (Å²) in [5, 5.41) is 23.9. The van der Waals surface area contributed by atoms with Gasteiger partial charge in [0, 0.05) is 6.42 Å². The van der Waals surface area contributed by atoms with E-state index in [0.29, 0.717) is 19.3 Å². The maximum absolute atomic E-state index is 13.3. The molecule has 0 radical (unpaired) electrons. The Labute approximate surface area is 423 Å². The Morgan fingerprint density at radius 1 is 0.441 bits per heavy atom. The Bertz CT molecular complexity index is 1160. The summed E-state index contributed by atoms with van der Waals surface area (Å²) in [6, 6.07) is -0.718. The van der Waals surface area contributed by atoms with Crippen molar-refractivity contribution in [2.45, 2.75) is 328 Å². The first-order chi connectivity index (χ1) is 33.5. The van der Waals surface area contributed by atoms with E-state index in [2.05, 4.69) is 74.7 Å². The van der Waals surface area contributed by atoms with Crippen LogP contribution in [0.15, 0.2) is 48.6 Å². The Morgan fingerprint density at radius 2 is 0.794 bits per heavy atom. The molecule has 0 heterocycles. The van der Waals surface area contributed by atoms with Crippen molar-refractivity contribution in [2.75, 3.05) is 6.61 Å². The maximum Gasteiger partial charge on any atom is 0.306 e. The van der Waals surface area contributed by atoms with Gasteiger partial charge in [0.1, 0.15) is 6.10 Å². The van der Waals surface area contributed by atoms with Gasteiger partial charge >= 0.3 is 5.97 Å². The number of carbonyl (C=O) groups is 2. The molecule has 0 saturated heterocycles. The van der Waals surface area contributed by atoms with E-state index in [1.54, 1.807) is 0 Å². The number of unbranched alkanes of at least 4 members (excludes halogenated alkanes) is 34. The minimum atomic E-state index is -0.802. The van der Waals surface area contributed by atoms with Crippen molar-refractivity contribution in [1.29, 1.82) is 0 Å². The summed E-state index contributed by atoms with van der Waals surface area (Å²) in [6.07, 6.45) is 69.1. The minimum Gasteiger partial charge on any atom is -0.462 e. The van der Waals surface area contributed by atoms with Gasteiger partial charge in [-0.2, -0.15) is 0 Å². The molecule has 0 saturated carbocycles. The van der Waals surface area contributed by atoms with E-state index in [4.69, 9.17) is 4.74 Å². The number of nitrogens with one attached hydrogen (secondary N) is 1. The van der Waals surface area contributed by atoms with Crippen LogP contribution in [0.3, 0.4) is 0 Å². The van der Waals surface area contributed by atoms with Crippen LogP contribution in [0.25, 0.3) is 0 Å². The molecule has 1 amide bonds. The van der Waals surface area contributed by atoms with Crippen LogP contribution in [0.2, 0.25) is 0 Å². The van der Waals surface area contributed by atoms with Crippen molar-refractivity contribution in [1.82, 2.24) is 5.32 Å². The zero-order valence-electron chi connectivity index (χ0n) is 45.5. The van der Waals surface area contributed by atoms with Gasteiger partial charge in [0.25, 0.3) is 0 Å². The maximum atomic E-state index is 13.3. The largest absolute Gasteiger partial charge is 0.462 e. The van der Waals surface area contributed by atoms with Crippen LogP contribution in [0.5, 0.6) is 0 Å². The van der Waals surface area contributed by atoms with Gasteiger partial charge in [0.15, 0.2) is 0 Å². The van der Waals surface area contributed by atoms with Gasteiger partial charge in [-0.25, -0.2) is 0 Å². The van der Waals surface area contributed by atoms with Crippen LogP contribution in [0.4, 0.5) is 0 Å². The van der Waals surface area contributed by atoms with Crippen LogP contribution in [0.1, 0.15) is 310 Å². The van der Waals surface area contributed by atoms with Gasteiger partial charge < -0.3 is 20.3 Å². The lowest BCUT2D eigenvalue weighted by Crippen LogP contribution is -2.46. The summed E-state index contributed by atoms with van der Waals surface area (Å²) in [5.74, 6) is -0.513. The first kappa shape index (κ1) is 65.8. The van der Waals surface area contributed by atoms with Crippen LogP contribution in [0, 0.1) is 0 Å². The smallest absolute Gasteiger partial charge is 0.306 e. The SMILES string of the molecule is CC/C=C/C/C=C/C/C=C/C/C=C/CCCC(CC(=O)NC(CO)C(O)CCCCCCCCCCCCCCCCCC)OC(=O)CCCCCCCCCCCCCCCCCCCCC. The van der Waals surface area contributed by atoms with Crippen molar-refractivity contribution in [3.8, 4) is 0 Å². The highest BCUT2D eigenvalue weighted by atomic mass is 16.5. The molecule has 0 rings (SSSR count). The second-order valence-electron chi connectivity index (χ2n) is 20.4. The third-order valence-electron chi connectivity index (χ3n) is 13.7. The molecule has 0 aliphatic carbocycles. The molecule has 0 aliphatic rings. The lowest BCUT2D eigenvalue weighted by atomic mass is 10.0. The second-order valence-corrected chi connectivity index (χ2v) is 20.4. The number of hydrogen-bond acceptors (Lipinski definition) is 5. The molecule has 0 spiro atoms. The highest BCUT2D eigenvalue weighted by molar-refractivity contribution is 5.77. The molecule has 3 unspecified atom stereocenters. The average Bonchev–Trinajstić information content (AvgIpc) is 3.33. The molecular formula is C62H115NO5. The van der Waals surface area contributed by atoms with E-state index in [1.165, 1.54) is 186 Å². The third-order valence-corrected chi connectivity index (χ3v) is 13.7. The number of aliphatic hydroxyl groups is 2. The number of esters is 1. The molecular weight excluding hydrogens is 839 g/mol. The zero-order chi connectivity index (χ0) is 49.5. The Morgan fingerprint density at radius 3 is 1.18 bits per heavy atom. The summed E-state index contributed by atoms with van der Waals surface area (Å²) in [6.45, 7) is 6.40. The van der Waals surface area contributed by atoms with Crippen molar-refractivity contribution in [3.05, 3.63) is 48.6 Å². The fourth-order valence-corrected chi connectivity index (χ4v) is 9.19. The second kappa shape index (κ2) is 55.7. The van der Waals surface area contributed by atoms with Crippen LogP contribution >= 0.6 is 0 Å². The summed E-state index contributed by atoms with van der Waals surface area (Å²) < 4.78 is 5.94. The van der Waals surface area contributed by atoms with Crippen LogP contribution in [-0.4, -0.2) is 46.9 Å². The lowest BCUT2D eigenvalue weighted by Gasteiger charge is -2.24. The van der Waals surface area contributed by atoms with Gasteiger partial charge in [-0.15, -0.1) is 0 Å². The molecule has 6 nitrogen and oxygen atoms in total. The van der Waals surface area contributed by atoms with Crippen molar-refractivity contribution in [2.24, 2.45) is 0 Å². The molecule has 0 aromatic heterocycles. The molecule has 0 aromatic carbocycles. The number of ether oxygens (including phenoxy) is 1. The minimum absolute atomic E-state index is 0.0431. The molecule has 3 atom stereocenters. The monoisotopic (exact) mass is 954 g/mol. The highest BCUT2D eigenvalue weighted by Gasteiger charge is 2.24.